The summed E-state index contributed by atoms with van der Waals surface area (Å²) in [7, 11) is 0. The first-order valence-corrected chi connectivity index (χ1v) is 11.7. The summed E-state index contributed by atoms with van der Waals surface area (Å²) in [4.78, 5) is 10.7. The molecular formula is C22H40N4. The molecule has 2 saturated carbocycles. The van der Waals surface area contributed by atoms with Crippen molar-refractivity contribution < 1.29 is 0 Å². The number of aliphatic imine (C=N–C) groups is 1. The van der Waals surface area contributed by atoms with E-state index in [1.54, 1.807) is 0 Å². The molecule has 2 aliphatic heterocycles. The molecule has 4 heteroatoms. The van der Waals surface area contributed by atoms with Crippen LogP contribution in [-0.2, 0) is 0 Å². The lowest BCUT2D eigenvalue weighted by Gasteiger charge is -2.39. The SMILES string of the molecule is C1CCC(N=C(NC2CCCCC2)N2CCC(N3CCCC3)CC2)CC1. The van der Waals surface area contributed by atoms with Gasteiger partial charge in [-0.2, -0.15) is 0 Å². The summed E-state index contributed by atoms with van der Waals surface area (Å²) >= 11 is 0. The largest absolute Gasteiger partial charge is 0.353 e. The second-order valence-corrected chi connectivity index (χ2v) is 9.19. The molecule has 0 radical (unpaired) electrons. The van der Waals surface area contributed by atoms with Crippen molar-refractivity contribution in [3.63, 3.8) is 0 Å². The molecule has 2 heterocycles. The minimum atomic E-state index is 0.575. The molecule has 4 nitrogen and oxygen atoms in total. The van der Waals surface area contributed by atoms with Crippen LogP contribution >= 0.6 is 0 Å². The van der Waals surface area contributed by atoms with Crippen LogP contribution in [0.4, 0.5) is 0 Å². The molecule has 4 fully saturated rings. The zero-order valence-electron chi connectivity index (χ0n) is 16.8. The molecule has 0 atom stereocenters. The first-order chi connectivity index (χ1) is 12.9. The fourth-order valence-corrected chi connectivity index (χ4v) is 5.57. The number of rotatable bonds is 3. The third kappa shape index (κ3) is 4.94. The molecule has 148 valence electrons. The molecule has 0 aromatic rings. The van der Waals surface area contributed by atoms with Crippen molar-refractivity contribution in [2.75, 3.05) is 26.2 Å². The second-order valence-electron chi connectivity index (χ2n) is 9.19. The summed E-state index contributed by atoms with van der Waals surface area (Å²) in [6.45, 7) is 5.08. The van der Waals surface area contributed by atoms with E-state index in [4.69, 9.17) is 4.99 Å². The van der Waals surface area contributed by atoms with E-state index in [1.165, 1.54) is 122 Å². The Morgan fingerprint density at radius 1 is 0.654 bits per heavy atom. The van der Waals surface area contributed by atoms with Crippen LogP contribution in [0.25, 0.3) is 0 Å². The first kappa shape index (κ1) is 18.6. The minimum Gasteiger partial charge on any atom is -0.353 e. The van der Waals surface area contributed by atoms with Gasteiger partial charge in [-0.15, -0.1) is 0 Å². The number of piperidine rings is 1. The number of hydrogen-bond acceptors (Lipinski definition) is 2. The molecule has 0 bridgehead atoms. The van der Waals surface area contributed by atoms with Gasteiger partial charge >= 0.3 is 0 Å². The van der Waals surface area contributed by atoms with Crippen molar-refractivity contribution in [2.24, 2.45) is 4.99 Å². The van der Waals surface area contributed by atoms with E-state index in [0.29, 0.717) is 12.1 Å². The van der Waals surface area contributed by atoms with Crippen molar-refractivity contribution in [3.05, 3.63) is 0 Å². The van der Waals surface area contributed by atoms with Gasteiger partial charge in [-0.25, -0.2) is 4.99 Å². The molecule has 26 heavy (non-hydrogen) atoms. The number of nitrogens with zero attached hydrogens (tertiary/aromatic N) is 3. The van der Waals surface area contributed by atoms with Gasteiger partial charge in [-0.1, -0.05) is 38.5 Å². The molecule has 0 aromatic heterocycles. The van der Waals surface area contributed by atoms with Gasteiger partial charge in [0, 0.05) is 25.2 Å². The van der Waals surface area contributed by atoms with E-state index in [0.717, 1.165) is 6.04 Å². The first-order valence-electron chi connectivity index (χ1n) is 11.7. The molecule has 0 spiro atoms. The summed E-state index contributed by atoms with van der Waals surface area (Å²) in [5.74, 6) is 1.27. The highest BCUT2D eigenvalue weighted by atomic mass is 15.3. The number of nitrogens with one attached hydrogen (secondary N) is 1. The van der Waals surface area contributed by atoms with E-state index in [-0.39, 0.29) is 0 Å². The van der Waals surface area contributed by atoms with E-state index in [2.05, 4.69) is 15.1 Å². The van der Waals surface area contributed by atoms with Gasteiger partial charge in [0.1, 0.15) is 0 Å². The zero-order valence-corrected chi connectivity index (χ0v) is 16.8. The van der Waals surface area contributed by atoms with Gasteiger partial charge in [-0.05, 0) is 64.5 Å². The molecular weight excluding hydrogens is 320 g/mol. The van der Waals surface area contributed by atoms with Crippen LogP contribution in [-0.4, -0.2) is 60.1 Å². The average molecular weight is 361 g/mol. The Bertz CT molecular complexity index is 437. The summed E-state index contributed by atoms with van der Waals surface area (Å²) in [6, 6.07) is 2.08. The summed E-state index contributed by atoms with van der Waals surface area (Å²) in [5.41, 5.74) is 0. The van der Waals surface area contributed by atoms with E-state index in [9.17, 15) is 0 Å². The van der Waals surface area contributed by atoms with Gasteiger partial charge in [0.25, 0.3) is 0 Å². The van der Waals surface area contributed by atoms with Crippen LogP contribution in [0, 0.1) is 0 Å². The van der Waals surface area contributed by atoms with Crippen molar-refractivity contribution in [3.8, 4) is 0 Å². The van der Waals surface area contributed by atoms with Crippen LogP contribution < -0.4 is 5.32 Å². The molecule has 0 unspecified atom stereocenters. The quantitative estimate of drug-likeness (QED) is 0.606. The standard InChI is InChI=1S/C22H40N4/c1-3-9-19(10-4-1)23-22(24-20-11-5-2-6-12-20)26-17-13-21(14-18-26)25-15-7-8-16-25/h19-21H,1-18H2,(H,23,24). The predicted octanol–water partition coefficient (Wildman–Crippen LogP) is 4.16. The van der Waals surface area contributed by atoms with Crippen LogP contribution in [0.5, 0.6) is 0 Å². The molecule has 4 rings (SSSR count). The average Bonchev–Trinajstić information content (AvgIpc) is 3.24. The Morgan fingerprint density at radius 2 is 1.27 bits per heavy atom. The third-order valence-corrected chi connectivity index (χ3v) is 7.24. The summed E-state index contributed by atoms with van der Waals surface area (Å²) in [6.07, 6.45) is 19.2. The molecule has 4 aliphatic rings. The molecule has 2 saturated heterocycles. The summed E-state index contributed by atoms with van der Waals surface area (Å²) in [5, 5.41) is 3.92. The lowest BCUT2D eigenvalue weighted by atomic mass is 9.95. The number of hydrogen-bond donors (Lipinski definition) is 1. The maximum Gasteiger partial charge on any atom is 0.194 e. The topological polar surface area (TPSA) is 30.9 Å². The van der Waals surface area contributed by atoms with Crippen molar-refractivity contribution in [2.45, 2.75) is 108 Å². The lowest BCUT2D eigenvalue weighted by Crippen LogP contribution is -2.52. The molecule has 1 N–H and O–H groups in total. The van der Waals surface area contributed by atoms with Gasteiger partial charge in [0.15, 0.2) is 5.96 Å². The van der Waals surface area contributed by atoms with Crippen molar-refractivity contribution >= 4 is 5.96 Å². The van der Waals surface area contributed by atoms with Crippen molar-refractivity contribution in [1.29, 1.82) is 0 Å². The van der Waals surface area contributed by atoms with Crippen LogP contribution in [0.1, 0.15) is 89.9 Å². The van der Waals surface area contributed by atoms with E-state index >= 15 is 0 Å². The van der Waals surface area contributed by atoms with Crippen LogP contribution in [0.2, 0.25) is 0 Å². The minimum absolute atomic E-state index is 0.575. The Balaban J connectivity index is 1.37. The fourth-order valence-electron chi connectivity index (χ4n) is 5.57. The van der Waals surface area contributed by atoms with Crippen LogP contribution in [0.15, 0.2) is 4.99 Å². The van der Waals surface area contributed by atoms with Gasteiger partial charge in [0.2, 0.25) is 0 Å². The summed E-state index contributed by atoms with van der Waals surface area (Å²) < 4.78 is 0. The maximum atomic E-state index is 5.29. The van der Waals surface area contributed by atoms with Gasteiger partial charge < -0.3 is 15.1 Å². The predicted molar refractivity (Wildman–Crippen MR) is 110 cm³/mol. The molecule has 0 amide bonds. The smallest absolute Gasteiger partial charge is 0.194 e. The fraction of sp³-hybridized carbons (Fsp3) is 0.955. The molecule has 0 aromatic carbocycles. The monoisotopic (exact) mass is 360 g/mol. The Hall–Kier alpha value is -0.770. The molecule has 2 aliphatic carbocycles. The van der Waals surface area contributed by atoms with Gasteiger partial charge in [-0.3, -0.25) is 0 Å². The zero-order chi connectivity index (χ0) is 17.6. The highest BCUT2D eigenvalue weighted by Crippen LogP contribution is 2.24. The Kier molecular flexibility index (Phi) is 6.74. The highest BCUT2D eigenvalue weighted by molar-refractivity contribution is 5.80. The lowest BCUT2D eigenvalue weighted by molar-refractivity contribution is 0.160. The second kappa shape index (κ2) is 9.43. The highest BCUT2D eigenvalue weighted by Gasteiger charge is 2.29. The number of likely N-dealkylation sites (tertiary alicyclic amines) is 2. The maximum absolute atomic E-state index is 5.29. The Labute approximate surface area is 160 Å². The number of guanidine groups is 1. The van der Waals surface area contributed by atoms with Gasteiger partial charge in [0.05, 0.1) is 6.04 Å². The van der Waals surface area contributed by atoms with E-state index < -0.39 is 0 Å². The third-order valence-electron chi connectivity index (χ3n) is 7.24. The van der Waals surface area contributed by atoms with E-state index in [1.807, 2.05) is 0 Å². The van der Waals surface area contributed by atoms with Crippen LogP contribution in [0.3, 0.4) is 0 Å². The normalized spacial score (nSPS) is 28.6. The van der Waals surface area contributed by atoms with Crippen molar-refractivity contribution in [1.82, 2.24) is 15.1 Å². The Morgan fingerprint density at radius 3 is 1.92 bits per heavy atom.